The van der Waals surface area contributed by atoms with Gasteiger partial charge in [0.1, 0.15) is 0 Å². The van der Waals surface area contributed by atoms with Crippen molar-refractivity contribution in [3.8, 4) is 0 Å². The molecule has 0 atom stereocenters. The summed E-state index contributed by atoms with van der Waals surface area (Å²) >= 11 is 0. The van der Waals surface area contributed by atoms with Gasteiger partial charge in [0.05, 0.1) is 16.3 Å². The normalized spacial score (nSPS) is 13.2. The molecule has 0 bridgehead atoms. The summed E-state index contributed by atoms with van der Waals surface area (Å²) in [5.74, 6) is 0. The number of nitrogens with zero attached hydrogens (tertiary/aromatic N) is 2. The van der Waals surface area contributed by atoms with Crippen LogP contribution in [0.5, 0.6) is 0 Å². The van der Waals surface area contributed by atoms with Gasteiger partial charge >= 0.3 is 0 Å². The molecule has 5 heteroatoms. The van der Waals surface area contributed by atoms with Crippen LogP contribution in [0.15, 0.2) is 54.1 Å². The number of nitro benzene ring substituents is 1. The minimum absolute atomic E-state index is 0.0945. The summed E-state index contributed by atoms with van der Waals surface area (Å²) in [6.45, 7) is 5.64. The molecular formula is C16H13N3O2. The van der Waals surface area contributed by atoms with Crippen molar-refractivity contribution in [3.63, 3.8) is 0 Å². The maximum Gasteiger partial charge on any atom is 0.272 e. The van der Waals surface area contributed by atoms with Gasteiger partial charge in [-0.15, -0.1) is 0 Å². The Morgan fingerprint density at radius 3 is 2.62 bits per heavy atom. The van der Waals surface area contributed by atoms with E-state index in [-0.39, 0.29) is 10.6 Å². The van der Waals surface area contributed by atoms with Gasteiger partial charge < -0.3 is 0 Å². The van der Waals surface area contributed by atoms with Crippen LogP contribution >= 0.6 is 0 Å². The van der Waals surface area contributed by atoms with Crippen molar-refractivity contribution < 1.29 is 4.92 Å². The summed E-state index contributed by atoms with van der Waals surface area (Å²) in [6.07, 6.45) is 0. The van der Waals surface area contributed by atoms with Crippen LogP contribution in [-0.2, 0) is 0 Å². The molecule has 0 amide bonds. The van der Waals surface area contributed by atoms with Gasteiger partial charge in [-0.05, 0) is 6.92 Å². The van der Waals surface area contributed by atoms with Crippen molar-refractivity contribution in [2.24, 2.45) is 5.10 Å². The fourth-order valence-electron chi connectivity index (χ4n) is 2.37. The lowest BCUT2D eigenvalue weighted by Gasteiger charge is -2.19. The highest BCUT2D eigenvalue weighted by Gasteiger charge is 2.20. The van der Waals surface area contributed by atoms with Crippen molar-refractivity contribution in [2.45, 2.75) is 6.92 Å². The quantitative estimate of drug-likeness (QED) is 0.678. The van der Waals surface area contributed by atoms with Gasteiger partial charge in [0.25, 0.3) is 5.69 Å². The summed E-state index contributed by atoms with van der Waals surface area (Å²) in [7, 11) is 0. The van der Waals surface area contributed by atoms with Crippen LogP contribution in [0.25, 0.3) is 5.70 Å². The van der Waals surface area contributed by atoms with E-state index in [9.17, 15) is 10.1 Å². The van der Waals surface area contributed by atoms with E-state index in [0.717, 1.165) is 16.8 Å². The third kappa shape index (κ3) is 2.18. The van der Waals surface area contributed by atoms with Crippen LogP contribution in [0, 0.1) is 17.0 Å². The molecule has 0 saturated heterocycles. The molecular weight excluding hydrogens is 266 g/mol. The molecule has 104 valence electrons. The lowest BCUT2D eigenvalue weighted by atomic mass is 9.94. The molecule has 0 fully saturated rings. The molecule has 0 aromatic heterocycles. The Bertz CT molecular complexity index is 794. The maximum atomic E-state index is 11.1. The smallest absolute Gasteiger partial charge is 0.272 e. The Balaban J connectivity index is 2.16. The first-order chi connectivity index (χ1) is 10.1. The van der Waals surface area contributed by atoms with Gasteiger partial charge in [-0.3, -0.25) is 15.5 Å². The molecule has 21 heavy (non-hydrogen) atoms. The van der Waals surface area contributed by atoms with Crippen molar-refractivity contribution in [1.29, 1.82) is 0 Å². The van der Waals surface area contributed by atoms with E-state index in [0.29, 0.717) is 16.8 Å². The molecule has 2 aromatic rings. The third-order valence-corrected chi connectivity index (χ3v) is 3.49. The van der Waals surface area contributed by atoms with Gasteiger partial charge in [0.15, 0.2) is 0 Å². The molecule has 0 unspecified atom stereocenters. The summed E-state index contributed by atoms with van der Waals surface area (Å²) in [5, 5.41) is 15.4. The third-order valence-electron chi connectivity index (χ3n) is 3.49. The molecule has 1 heterocycles. The van der Waals surface area contributed by atoms with Gasteiger partial charge in [-0.2, -0.15) is 5.10 Å². The number of aryl methyl sites for hydroxylation is 1. The zero-order valence-corrected chi connectivity index (χ0v) is 11.5. The fraction of sp³-hybridized carbons (Fsp3) is 0.0625. The van der Waals surface area contributed by atoms with E-state index in [4.69, 9.17) is 0 Å². The lowest BCUT2D eigenvalue weighted by molar-refractivity contribution is -0.385. The van der Waals surface area contributed by atoms with Crippen molar-refractivity contribution in [2.75, 3.05) is 0 Å². The molecule has 0 radical (unpaired) electrons. The van der Waals surface area contributed by atoms with Crippen LogP contribution in [0.4, 0.5) is 5.69 Å². The van der Waals surface area contributed by atoms with E-state index >= 15 is 0 Å². The van der Waals surface area contributed by atoms with Crippen LogP contribution in [0.1, 0.15) is 22.3 Å². The average molecular weight is 279 g/mol. The maximum absolute atomic E-state index is 11.1. The highest BCUT2D eigenvalue weighted by molar-refractivity contribution is 6.16. The van der Waals surface area contributed by atoms with Gasteiger partial charge in [-0.25, -0.2) is 0 Å². The van der Waals surface area contributed by atoms with Gasteiger partial charge in [0.2, 0.25) is 0 Å². The average Bonchev–Trinajstić information content (AvgIpc) is 2.48. The van der Waals surface area contributed by atoms with Crippen LogP contribution in [-0.4, -0.2) is 10.6 Å². The molecule has 1 aliphatic rings. The second-order valence-corrected chi connectivity index (χ2v) is 4.85. The number of rotatable bonds is 2. The van der Waals surface area contributed by atoms with E-state index in [2.05, 4.69) is 17.1 Å². The van der Waals surface area contributed by atoms with Crippen LogP contribution in [0.2, 0.25) is 0 Å². The van der Waals surface area contributed by atoms with Crippen LogP contribution in [0.3, 0.4) is 0 Å². The van der Waals surface area contributed by atoms with Crippen molar-refractivity contribution in [3.05, 3.63) is 81.4 Å². The molecule has 0 aliphatic carbocycles. The fourth-order valence-corrected chi connectivity index (χ4v) is 2.37. The number of hydrazone groups is 1. The molecule has 1 N–H and O–H groups in total. The SMILES string of the molecule is C=C1NN=C(c2ccc(C)c([N+](=O)[O-])c2)c2ccccc21. The monoisotopic (exact) mass is 279 g/mol. The first-order valence-electron chi connectivity index (χ1n) is 6.45. The molecule has 3 rings (SSSR count). The van der Waals surface area contributed by atoms with E-state index in [1.165, 1.54) is 0 Å². The zero-order chi connectivity index (χ0) is 15.0. The summed E-state index contributed by atoms with van der Waals surface area (Å²) in [4.78, 5) is 10.7. The zero-order valence-electron chi connectivity index (χ0n) is 11.5. The summed E-state index contributed by atoms with van der Waals surface area (Å²) in [6, 6.07) is 12.9. The number of fused-ring (bicyclic) bond motifs is 1. The van der Waals surface area contributed by atoms with Gasteiger partial charge in [0, 0.05) is 28.3 Å². The summed E-state index contributed by atoms with van der Waals surface area (Å²) < 4.78 is 0. The second kappa shape index (κ2) is 4.86. The molecule has 2 aromatic carbocycles. The van der Waals surface area contributed by atoms with E-state index in [1.54, 1.807) is 19.1 Å². The van der Waals surface area contributed by atoms with Crippen LogP contribution < -0.4 is 5.43 Å². The van der Waals surface area contributed by atoms with E-state index in [1.807, 2.05) is 30.3 Å². The number of hydrogen-bond acceptors (Lipinski definition) is 4. The molecule has 1 aliphatic heterocycles. The Morgan fingerprint density at radius 1 is 1.19 bits per heavy atom. The molecule has 5 nitrogen and oxygen atoms in total. The molecule has 0 spiro atoms. The largest absolute Gasteiger partial charge is 0.278 e. The number of nitrogens with one attached hydrogen (secondary N) is 1. The Hall–Kier alpha value is -2.95. The highest BCUT2D eigenvalue weighted by atomic mass is 16.6. The van der Waals surface area contributed by atoms with E-state index < -0.39 is 0 Å². The number of hydrogen-bond donors (Lipinski definition) is 1. The Labute approximate surface area is 121 Å². The first kappa shape index (κ1) is 13.1. The van der Waals surface area contributed by atoms with Crippen molar-refractivity contribution >= 4 is 17.1 Å². The predicted molar refractivity (Wildman–Crippen MR) is 82.1 cm³/mol. The van der Waals surface area contributed by atoms with Crippen molar-refractivity contribution in [1.82, 2.24) is 5.43 Å². The summed E-state index contributed by atoms with van der Waals surface area (Å²) in [5.41, 5.74) is 7.57. The standard InChI is InChI=1S/C16H13N3O2/c1-10-7-8-12(9-15(10)19(20)21)16-14-6-4-3-5-13(14)11(2)17-18-16/h3-9,17H,2H2,1H3. The Kier molecular flexibility index (Phi) is 3.02. The number of nitro groups is 1. The topological polar surface area (TPSA) is 67.5 Å². The lowest BCUT2D eigenvalue weighted by Crippen LogP contribution is -2.19. The second-order valence-electron chi connectivity index (χ2n) is 4.85. The molecule has 0 saturated carbocycles. The first-order valence-corrected chi connectivity index (χ1v) is 6.45. The number of benzene rings is 2. The Morgan fingerprint density at radius 2 is 1.90 bits per heavy atom. The minimum atomic E-state index is -0.375. The minimum Gasteiger partial charge on any atom is -0.278 e. The van der Waals surface area contributed by atoms with Gasteiger partial charge in [-0.1, -0.05) is 43.0 Å². The predicted octanol–water partition coefficient (Wildman–Crippen LogP) is 3.23. The highest BCUT2D eigenvalue weighted by Crippen LogP contribution is 2.26.